The third kappa shape index (κ3) is 3.59. The Balaban J connectivity index is 1.92. The van der Waals surface area contributed by atoms with Crippen LogP contribution in [0, 0.1) is 0 Å². The van der Waals surface area contributed by atoms with Gasteiger partial charge in [-0.3, -0.25) is 0 Å². The van der Waals surface area contributed by atoms with Crippen LogP contribution < -0.4 is 5.32 Å². The summed E-state index contributed by atoms with van der Waals surface area (Å²) >= 11 is 8.85. The lowest BCUT2D eigenvalue weighted by molar-refractivity contribution is 0.695. The molecule has 31 heavy (non-hydrogen) atoms. The lowest BCUT2D eigenvalue weighted by Gasteiger charge is -2.39. The molecule has 5 rings (SSSR count). The molecule has 1 aliphatic heterocycles. The minimum Gasteiger partial charge on any atom is -0.301 e. The zero-order valence-corrected chi connectivity index (χ0v) is 18.7. The first kappa shape index (κ1) is 20.4. The summed E-state index contributed by atoms with van der Waals surface area (Å²) in [5, 5.41) is 4.66. The summed E-state index contributed by atoms with van der Waals surface area (Å²) in [6, 6.07) is 38.8. The predicted octanol–water partition coefficient (Wildman–Crippen LogP) is 7.06. The quantitative estimate of drug-likeness (QED) is 0.333. The molecule has 1 heterocycles. The Hall–Kier alpha value is -2.52. The summed E-state index contributed by atoms with van der Waals surface area (Å²) in [6.45, 7) is 0.995. The largest absolute Gasteiger partial charge is 0.301 e. The molecule has 0 aliphatic carbocycles. The van der Waals surface area contributed by atoms with Crippen LogP contribution in [0.25, 0.3) is 0 Å². The molecule has 0 aromatic heterocycles. The fraction of sp³-hybridized carbons (Fsp3) is 0.143. The highest BCUT2D eigenvalue weighted by atomic mass is 35.5. The highest BCUT2D eigenvalue weighted by molar-refractivity contribution is 7.99. The lowest BCUT2D eigenvalue weighted by atomic mass is 9.64. The molecule has 0 amide bonds. The van der Waals surface area contributed by atoms with Crippen LogP contribution in [0.3, 0.4) is 0 Å². The van der Waals surface area contributed by atoms with Gasteiger partial charge in [-0.15, -0.1) is 11.8 Å². The molecule has 0 radical (unpaired) electrons. The summed E-state index contributed by atoms with van der Waals surface area (Å²) in [4.78, 5) is 0. The van der Waals surface area contributed by atoms with Crippen molar-refractivity contribution in [2.75, 3.05) is 12.3 Å². The normalized spacial score (nSPS) is 16.4. The molecular formula is C28H24ClNS. The molecule has 1 saturated heterocycles. The van der Waals surface area contributed by atoms with Crippen molar-refractivity contribution in [3.8, 4) is 0 Å². The summed E-state index contributed by atoms with van der Waals surface area (Å²) in [7, 11) is 0. The van der Waals surface area contributed by atoms with Crippen molar-refractivity contribution in [3.63, 3.8) is 0 Å². The standard InChI is InChI=1S/C28H24ClNS/c29-25-18-10-17-24(26(25)27-30-19-20-31-27)28(21-11-4-1-5-12-21,22-13-6-2-7-14-22)23-15-8-3-9-16-23/h1-18,27,30H,19-20H2. The van der Waals surface area contributed by atoms with Gasteiger partial charge in [0.1, 0.15) is 0 Å². The highest BCUT2D eigenvalue weighted by Gasteiger charge is 2.41. The van der Waals surface area contributed by atoms with E-state index < -0.39 is 5.41 Å². The molecule has 4 aromatic rings. The second-order valence-electron chi connectivity index (χ2n) is 7.75. The molecule has 1 unspecified atom stereocenters. The Morgan fingerprint density at radius 2 is 1.19 bits per heavy atom. The molecule has 1 atom stereocenters. The fourth-order valence-electron chi connectivity index (χ4n) is 4.77. The van der Waals surface area contributed by atoms with Crippen molar-refractivity contribution < 1.29 is 0 Å². The molecule has 4 aromatic carbocycles. The number of thioether (sulfide) groups is 1. The first-order valence-electron chi connectivity index (χ1n) is 10.6. The van der Waals surface area contributed by atoms with Crippen molar-refractivity contribution in [1.82, 2.24) is 5.32 Å². The monoisotopic (exact) mass is 441 g/mol. The molecule has 1 N–H and O–H groups in total. The minimum atomic E-state index is -0.477. The van der Waals surface area contributed by atoms with Gasteiger partial charge >= 0.3 is 0 Å². The zero-order chi connectivity index (χ0) is 21.1. The van der Waals surface area contributed by atoms with E-state index in [9.17, 15) is 0 Å². The molecule has 1 aliphatic rings. The van der Waals surface area contributed by atoms with E-state index in [4.69, 9.17) is 11.6 Å². The van der Waals surface area contributed by atoms with E-state index in [2.05, 4.69) is 108 Å². The van der Waals surface area contributed by atoms with Crippen LogP contribution in [0.5, 0.6) is 0 Å². The first-order valence-corrected chi connectivity index (χ1v) is 12.0. The smallest absolute Gasteiger partial charge is 0.0807 e. The molecule has 154 valence electrons. The number of nitrogens with one attached hydrogen (secondary N) is 1. The van der Waals surface area contributed by atoms with Gasteiger partial charge in [-0.05, 0) is 28.3 Å². The third-order valence-corrected chi connectivity index (χ3v) is 7.56. The zero-order valence-electron chi connectivity index (χ0n) is 17.2. The second-order valence-corrected chi connectivity index (χ2v) is 9.37. The molecule has 0 saturated carbocycles. The van der Waals surface area contributed by atoms with Gasteiger partial charge in [-0.1, -0.05) is 115 Å². The van der Waals surface area contributed by atoms with E-state index >= 15 is 0 Å². The average molecular weight is 442 g/mol. The Bertz CT molecular complexity index is 1040. The molecule has 1 nitrogen and oxygen atoms in total. The number of hydrogen-bond acceptors (Lipinski definition) is 2. The van der Waals surface area contributed by atoms with Crippen molar-refractivity contribution in [1.29, 1.82) is 0 Å². The van der Waals surface area contributed by atoms with Gasteiger partial charge in [0.2, 0.25) is 0 Å². The van der Waals surface area contributed by atoms with Crippen LogP contribution >= 0.6 is 23.4 Å². The van der Waals surface area contributed by atoms with E-state index in [1.54, 1.807) is 0 Å². The maximum absolute atomic E-state index is 6.92. The van der Waals surface area contributed by atoms with Gasteiger partial charge in [-0.25, -0.2) is 0 Å². The van der Waals surface area contributed by atoms with Crippen LogP contribution in [0.1, 0.15) is 33.2 Å². The Labute approximate surface area is 193 Å². The summed E-state index contributed by atoms with van der Waals surface area (Å²) in [5.74, 6) is 1.09. The van der Waals surface area contributed by atoms with Crippen LogP contribution in [0.15, 0.2) is 109 Å². The average Bonchev–Trinajstić information content (AvgIpc) is 3.36. The van der Waals surface area contributed by atoms with Crippen LogP contribution in [-0.4, -0.2) is 12.3 Å². The minimum absolute atomic E-state index is 0.180. The molecule has 0 spiro atoms. The highest BCUT2D eigenvalue weighted by Crippen LogP contribution is 2.50. The van der Waals surface area contributed by atoms with Crippen molar-refractivity contribution in [2.45, 2.75) is 10.8 Å². The Kier molecular flexibility index (Phi) is 5.87. The summed E-state index contributed by atoms with van der Waals surface area (Å²) < 4.78 is 0. The summed E-state index contributed by atoms with van der Waals surface area (Å²) in [6.07, 6.45) is 0. The number of rotatable bonds is 5. The van der Waals surface area contributed by atoms with E-state index in [0.717, 1.165) is 17.3 Å². The molecular weight excluding hydrogens is 418 g/mol. The van der Waals surface area contributed by atoms with Crippen LogP contribution in [0.4, 0.5) is 0 Å². The number of benzene rings is 4. The number of hydrogen-bond donors (Lipinski definition) is 1. The first-order chi connectivity index (χ1) is 15.3. The van der Waals surface area contributed by atoms with Crippen LogP contribution in [0.2, 0.25) is 5.02 Å². The maximum atomic E-state index is 6.92. The third-order valence-electron chi connectivity index (χ3n) is 6.06. The van der Waals surface area contributed by atoms with Gasteiger partial charge < -0.3 is 5.32 Å². The van der Waals surface area contributed by atoms with Gasteiger partial charge in [0.25, 0.3) is 0 Å². The fourth-order valence-corrected chi connectivity index (χ4v) is 6.25. The van der Waals surface area contributed by atoms with Crippen LogP contribution in [-0.2, 0) is 5.41 Å². The Morgan fingerprint density at radius 3 is 1.65 bits per heavy atom. The van der Waals surface area contributed by atoms with Crippen molar-refractivity contribution in [3.05, 3.63) is 142 Å². The predicted molar refractivity (Wildman–Crippen MR) is 133 cm³/mol. The molecule has 0 bridgehead atoms. The Morgan fingerprint density at radius 1 is 0.677 bits per heavy atom. The van der Waals surface area contributed by atoms with Crippen molar-refractivity contribution in [2.24, 2.45) is 0 Å². The lowest BCUT2D eigenvalue weighted by Crippen LogP contribution is -2.33. The van der Waals surface area contributed by atoms with Gasteiger partial charge in [0.05, 0.1) is 10.8 Å². The molecule has 3 heteroatoms. The van der Waals surface area contributed by atoms with Gasteiger partial charge in [-0.2, -0.15) is 0 Å². The molecule has 1 fully saturated rings. The van der Waals surface area contributed by atoms with E-state index in [-0.39, 0.29) is 5.37 Å². The van der Waals surface area contributed by atoms with Gasteiger partial charge in [0.15, 0.2) is 0 Å². The second kappa shape index (κ2) is 8.92. The van der Waals surface area contributed by atoms with Crippen molar-refractivity contribution >= 4 is 23.4 Å². The van der Waals surface area contributed by atoms with E-state index in [1.165, 1.54) is 27.8 Å². The number of halogens is 1. The van der Waals surface area contributed by atoms with E-state index in [0.29, 0.717) is 0 Å². The SMILES string of the molecule is Clc1cccc(C(c2ccccc2)(c2ccccc2)c2ccccc2)c1C1NCCS1. The summed E-state index contributed by atoms with van der Waals surface area (Å²) in [5.41, 5.74) is 5.64. The van der Waals surface area contributed by atoms with E-state index in [1.807, 2.05) is 17.8 Å². The van der Waals surface area contributed by atoms with Gasteiger partial charge in [0, 0.05) is 22.9 Å². The maximum Gasteiger partial charge on any atom is 0.0807 e. The topological polar surface area (TPSA) is 12.0 Å².